The fraction of sp³-hybridized carbons (Fsp3) is 0.417. The van der Waals surface area contributed by atoms with Crippen LogP contribution in [-0.2, 0) is 16.1 Å². The first kappa shape index (κ1) is 15.1. The van der Waals surface area contributed by atoms with Gasteiger partial charge < -0.3 is 9.84 Å². The van der Waals surface area contributed by atoms with Gasteiger partial charge >= 0.3 is 5.97 Å². The first-order chi connectivity index (χ1) is 8.52. The SMILES string of the molecule is COCCN(CC(=O)O)Cc1ccc(F)c(Br)c1. The van der Waals surface area contributed by atoms with E-state index in [2.05, 4.69) is 15.9 Å². The van der Waals surface area contributed by atoms with E-state index >= 15 is 0 Å². The van der Waals surface area contributed by atoms with E-state index in [4.69, 9.17) is 9.84 Å². The number of nitrogens with zero attached hydrogens (tertiary/aromatic N) is 1. The molecule has 0 aromatic heterocycles. The summed E-state index contributed by atoms with van der Waals surface area (Å²) in [6.07, 6.45) is 0. The number of carbonyl (C=O) groups is 1. The predicted molar refractivity (Wildman–Crippen MR) is 68.9 cm³/mol. The van der Waals surface area contributed by atoms with Crippen LogP contribution in [0.3, 0.4) is 0 Å². The van der Waals surface area contributed by atoms with Gasteiger partial charge in [0.15, 0.2) is 0 Å². The molecule has 0 saturated carbocycles. The summed E-state index contributed by atoms with van der Waals surface area (Å²) in [5.41, 5.74) is 0.848. The second-order valence-corrected chi connectivity index (χ2v) is 4.70. The molecule has 1 aromatic rings. The van der Waals surface area contributed by atoms with Crippen molar-refractivity contribution in [2.75, 3.05) is 26.8 Å². The van der Waals surface area contributed by atoms with E-state index in [9.17, 15) is 9.18 Å². The van der Waals surface area contributed by atoms with Crippen LogP contribution in [0.4, 0.5) is 4.39 Å². The van der Waals surface area contributed by atoms with Gasteiger partial charge in [-0.15, -0.1) is 0 Å². The van der Waals surface area contributed by atoms with Gasteiger partial charge in [-0.1, -0.05) is 6.07 Å². The molecule has 0 fully saturated rings. The normalized spacial score (nSPS) is 10.9. The van der Waals surface area contributed by atoms with Crippen LogP contribution < -0.4 is 0 Å². The summed E-state index contributed by atoms with van der Waals surface area (Å²) in [4.78, 5) is 12.5. The van der Waals surface area contributed by atoms with E-state index in [-0.39, 0.29) is 12.4 Å². The van der Waals surface area contributed by atoms with Crippen molar-refractivity contribution in [3.8, 4) is 0 Å². The number of benzene rings is 1. The Hall–Kier alpha value is -0.980. The summed E-state index contributed by atoms with van der Waals surface area (Å²) >= 11 is 3.10. The zero-order valence-electron chi connectivity index (χ0n) is 10.0. The lowest BCUT2D eigenvalue weighted by Gasteiger charge is -2.20. The highest BCUT2D eigenvalue weighted by Gasteiger charge is 2.11. The monoisotopic (exact) mass is 319 g/mol. The summed E-state index contributed by atoms with van der Waals surface area (Å²) in [6.45, 7) is 1.33. The molecule has 0 unspecified atom stereocenters. The lowest BCUT2D eigenvalue weighted by Crippen LogP contribution is -2.32. The second-order valence-electron chi connectivity index (χ2n) is 3.85. The summed E-state index contributed by atoms with van der Waals surface area (Å²) in [7, 11) is 1.56. The molecule has 0 heterocycles. The number of rotatable bonds is 7. The van der Waals surface area contributed by atoms with Crippen LogP contribution in [0.2, 0.25) is 0 Å². The van der Waals surface area contributed by atoms with Gasteiger partial charge in [-0.2, -0.15) is 0 Å². The van der Waals surface area contributed by atoms with Crippen LogP contribution in [0.25, 0.3) is 0 Å². The number of carboxylic acid groups (broad SMARTS) is 1. The molecule has 0 atom stereocenters. The van der Waals surface area contributed by atoms with Crippen molar-refractivity contribution in [1.82, 2.24) is 4.90 Å². The average Bonchev–Trinajstić information content (AvgIpc) is 2.30. The van der Waals surface area contributed by atoms with Crippen LogP contribution in [0.15, 0.2) is 22.7 Å². The van der Waals surface area contributed by atoms with Gasteiger partial charge in [-0.3, -0.25) is 9.69 Å². The minimum atomic E-state index is -0.896. The molecule has 100 valence electrons. The highest BCUT2D eigenvalue weighted by atomic mass is 79.9. The van der Waals surface area contributed by atoms with Crippen LogP contribution in [0.5, 0.6) is 0 Å². The van der Waals surface area contributed by atoms with Gasteiger partial charge in [0.25, 0.3) is 0 Å². The fourth-order valence-corrected chi connectivity index (χ4v) is 1.95. The first-order valence-electron chi connectivity index (χ1n) is 5.40. The van der Waals surface area contributed by atoms with Crippen molar-refractivity contribution in [3.63, 3.8) is 0 Å². The molecule has 0 radical (unpaired) electrons. The molecular weight excluding hydrogens is 305 g/mol. The van der Waals surface area contributed by atoms with E-state index in [1.54, 1.807) is 24.1 Å². The summed E-state index contributed by atoms with van der Waals surface area (Å²) in [6, 6.07) is 4.65. The second kappa shape index (κ2) is 7.45. The lowest BCUT2D eigenvalue weighted by molar-refractivity contribution is -0.138. The third kappa shape index (κ3) is 5.12. The third-order valence-corrected chi connectivity index (χ3v) is 2.97. The Morgan fingerprint density at radius 3 is 2.83 bits per heavy atom. The van der Waals surface area contributed by atoms with Crippen LogP contribution in [0, 0.1) is 5.82 Å². The highest BCUT2D eigenvalue weighted by molar-refractivity contribution is 9.10. The van der Waals surface area contributed by atoms with Gasteiger partial charge in [0.2, 0.25) is 0 Å². The molecule has 4 nitrogen and oxygen atoms in total. The number of methoxy groups -OCH3 is 1. The van der Waals surface area contributed by atoms with Crippen LogP contribution >= 0.6 is 15.9 Å². The predicted octanol–water partition coefficient (Wildman–Crippen LogP) is 2.12. The van der Waals surface area contributed by atoms with E-state index in [1.807, 2.05) is 0 Å². The van der Waals surface area contributed by atoms with Gasteiger partial charge in [0.1, 0.15) is 5.82 Å². The summed E-state index contributed by atoms with van der Waals surface area (Å²) in [5, 5.41) is 8.81. The topological polar surface area (TPSA) is 49.8 Å². The van der Waals surface area contributed by atoms with E-state index in [0.717, 1.165) is 5.56 Å². The third-order valence-electron chi connectivity index (χ3n) is 2.36. The zero-order chi connectivity index (χ0) is 13.5. The van der Waals surface area contributed by atoms with Crippen molar-refractivity contribution in [2.24, 2.45) is 0 Å². The van der Waals surface area contributed by atoms with Crippen LogP contribution in [-0.4, -0.2) is 42.8 Å². The Labute approximate surface area is 113 Å². The van der Waals surface area contributed by atoms with E-state index in [1.165, 1.54) is 6.07 Å². The minimum absolute atomic E-state index is 0.0711. The molecule has 1 N–H and O–H groups in total. The molecule has 0 aliphatic rings. The number of halogens is 2. The van der Waals surface area contributed by atoms with E-state index < -0.39 is 5.97 Å². The molecule has 1 rings (SSSR count). The van der Waals surface area contributed by atoms with Gasteiger partial charge in [0, 0.05) is 20.2 Å². The molecule has 1 aromatic carbocycles. The Morgan fingerprint density at radius 2 is 2.28 bits per heavy atom. The van der Waals surface area contributed by atoms with Crippen LogP contribution in [0.1, 0.15) is 5.56 Å². The Kier molecular flexibility index (Phi) is 6.24. The average molecular weight is 320 g/mol. The first-order valence-corrected chi connectivity index (χ1v) is 6.19. The number of ether oxygens (including phenoxy) is 1. The molecule has 6 heteroatoms. The van der Waals surface area contributed by atoms with E-state index in [0.29, 0.717) is 24.2 Å². The van der Waals surface area contributed by atoms with Crippen molar-refractivity contribution in [1.29, 1.82) is 0 Å². The number of hydrogen-bond donors (Lipinski definition) is 1. The highest BCUT2D eigenvalue weighted by Crippen LogP contribution is 2.17. The van der Waals surface area contributed by atoms with Crippen molar-refractivity contribution < 1.29 is 19.0 Å². The molecular formula is C12H15BrFNO3. The van der Waals surface area contributed by atoms with Crippen molar-refractivity contribution >= 4 is 21.9 Å². The maximum Gasteiger partial charge on any atom is 0.317 e. The summed E-state index contributed by atoms with van der Waals surface area (Å²) in [5.74, 6) is -1.23. The molecule has 0 aliphatic carbocycles. The number of aliphatic carboxylic acids is 1. The van der Waals surface area contributed by atoms with Gasteiger partial charge in [0.05, 0.1) is 17.6 Å². The number of carboxylic acids is 1. The van der Waals surface area contributed by atoms with Crippen molar-refractivity contribution in [2.45, 2.75) is 6.54 Å². The van der Waals surface area contributed by atoms with Gasteiger partial charge in [-0.05, 0) is 33.6 Å². The van der Waals surface area contributed by atoms with Crippen molar-refractivity contribution in [3.05, 3.63) is 34.1 Å². The Balaban J connectivity index is 2.68. The molecule has 0 spiro atoms. The van der Waals surface area contributed by atoms with Gasteiger partial charge in [-0.25, -0.2) is 4.39 Å². The largest absolute Gasteiger partial charge is 0.480 e. The molecule has 0 bridgehead atoms. The maximum absolute atomic E-state index is 13.1. The Morgan fingerprint density at radius 1 is 1.56 bits per heavy atom. The quantitative estimate of drug-likeness (QED) is 0.836. The fourth-order valence-electron chi connectivity index (χ4n) is 1.52. The Bertz CT molecular complexity index is 414. The molecule has 0 amide bonds. The lowest BCUT2D eigenvalue weighted by atomic mass is 10.2. The standard InChI is InChI=1S/C12H15BrFNO3/c1-18-5-4-15(8-12(16)17)7-9-2-3-11(14)10(13)6-9/h2-3,6H,4-5,7-8H2,1H3,(H,16,17). The minimum Gasteiger partial charge on any atom is -0.480 e. The molecule has 18 heavy (non-hydrogen) atoms. The maximum atomic E-state index is 13.1. The summed E-state index contributed by atoms with van der Waals surface area (Å²) < 4.78 is 18.4. The molecule has 0 saturated heterocycles. The number of hydrogen-bond acceptors (Lipinski definition) is 3. The smallest absolute Gasteiger partial charge is 0.317 e. The molecule has 0 aliphatic heterocycles. The zero-order valence-corrected chi connectivity index (χ0v) is 11.6.